The van der Waals surface area contributed by atoms with Crippen LogP contribution in [0.3, 0.4) is 0 Å². The summed E-state index contributed by atoms with van der Waals surface area (Å²) in [6.45, 7) is 5.31. The average molecular weight is 243 g/mol. The Balaban J connectivity index is 2.06. The second-order valence-corrected chi connectivity index (χ2v) is 4.98. The molecule has 0 saturated heterocycles. The average Bonchev–Trinajstić information content (AvgIpc) is 2.77. The highest BCUT2D eigenvalue weighted by Crippen LogP contribution is 2.20. The minimum atomic E-state index is 0.283. The van der Waals surface area contributed by atoms with Crippen LogP contribution in [-0.2, 0) is 13.6 Å². The molecule has 0 fully saturated rings. The van der Waals surface area contributed by atoms with Crippen molar-refractivity contribution in [2.24, 2.45) is 13.0 Å². The normalized spacial score (nSPS) is 12.9. The second-order valence-electron chi connectivity index (χ2n) is 4.98. The first-order valence-electron chi connectivity index (χ1n) is 6.43. The predicted molar refractivity (Wildman–Crippen MR) is 74.1 cm³/mol. The van der Waals surface area contributed by atoms with Gasteiger partial charge in [0.2, 0.25) is 0 Å². The highest BCUT2D eigenvalue weighted by molar-refractivity contribution is 5.14. The molecule has 0 spiro atoms. The predicted octanol–water partition coefficient (Wildman–Crippen LogP) is 2.91. The van der Waals surface area contributed by atoms with Crippen LogP contribution in [0.15, 0.2) is 42.7 Å². The van der Waals surface area contributed by atoms with Crippen LogP contribution in [0.2, 0.25) is 0 Å². The first-order valence-corrected chi connectivity index (χ1v) is 6.43. The van der Waals surface area contributed by atoms with Crippen LogP contribution in [0, 0.1) is 5.92 Å². The number of hydrogen-bond acceptors (Lipinski definition) is 2. The van der Waals surface area contributed by atoms with Crippen molar-refractivity contribution in [3.8, 4) is 0 Å². The Kier molecular flexibility index (Phi) is 4.15. The molecule has 1 heterocycles. The van der Waals surface area contributed by atoms with Gasteiger partial charge in [0.25, 0.3) is 0 Å². The third kappa shape index (κ3) is 2.99. The minimum Gasteiger partial charge on any atom is -0.337 e. The van der Waals surface area contributed by atoms with Crippen LogP contribution in [0.25, 0.3) is 0 Å². The molecule has 0 bridgehead atoms. The quantitative estimate of drug-likeness (QED) is 0.875. The lowest BCUT2D eigenvalue weighted by molar-refractivity contribution is 0.385. The highest BCUT2D eigenvalue weighted by Gasteiger charge is 2.18. The molecule has 0 aliphatic heterocycles. The van der Waals surface area contributed by atoms with E-state index in [1.807, 2.05) is 25.5 Å². The summed E-state index contributed by atoms with van der Waals surface area (Å²) in [5.74, 6) is 1.61. The van der Waals surface area contributed by atoms with Gasteiger partial charge in [-0.05, 0) is 11.5 Å². The van der Waals surface area contributed by atoms with Gasteiger partial charge in [-0.15, -0.1) is 0 Å². The Hall–Kier alpha value is -1.61. The van der Waals surface area contributed by atoms with Gasteiger partial charge in [0.15, 0.2) is 0 Å². The first kappa shape index (κ1) is 12.8. The van der Waals surface area contributed by atoms with Gasteiger partial charge < -0.3 is 9.88 Å². The Morgan fingerprint density at radius 1 is 1.22 bits per heavy atom. The van der Waals surface area contributed by atoms with Crippen molar-refractivity contribution in [2.75, 3.05) is 0 Å². The van der Waals surface area contributed by atoms with Gasteiger partial charge in [-0.25, -0.2) is 4.98 Å². The molecule has 0 radical (unpaired) electrons. The number of benzene rings is 1. The highest BCUT2D eigenvalue weighted by atomic mass is 15.1. The van der Waals surface area contributed by atoms with Gasteiger partial charge in [0.05, 0.1) is 6.04 Å². The number of aryl methyl sites for hydroxylation is 1. The number of hydrogen-bond donors (Lipinski definition) is 1. The topological polar surface area (TPSA) is 29.9 Å². The SMILES string of the molecule is CC(C)C(NCc1ccccc1)c1nccn1C. The molecule has 0 aliphatic carbocycles. The summed E-state index contributed by atoms with van der Waals surface area (Å²) in [6, 6.07) is 10.8. The molecular formula is C15H21N3. The molecule has 1 aromatic heterocycles. The lowest BCUT2D eigenvalue weighted by Crippen LogP contribution is -2.27. The standard InChI is InChI=1S/C15H21N3/c1-12(2)14(15-16-9-10-18(15)3)17-11-13-7-5-4-6-8-13/h4-10,12,14,17H,11H2,1-3H3. The first-order chi connectivity index (χ1) is 8.68. The Bertz CT molecular complexity index is 473. The summed E-state index contributed by atoms with van der Waals surface area (Å²) in [7, 11) is 2.04. The van der Waals surface area contributed by atoms with E-state index in [0.717, 1.165) is 12.4 Å². The van der Waals surface area contributed by atoms with E-state index in [1.54, 1.807) is 0 Å². The summed E-state index contributed by atoms with van der Waals surface area (Å²) in [5, 5.41) is 3.60. The largest absolute Gasteiger partial charge is 0.337 e. The zero-order valence-electron chi connectivity index (χ0n) is 11.3. The molecule has 3 heteroatoms. The fourth-order valence-electron chi connectivity index (χ4n) is 2.13. The van der Waals surface area contributed by atoms with Gasteiger partial charge in [0.1, 0.15) is 5.82 Å². The van der Waals surface area contributed by atoms with E-state index in [1.165, 1.54) is 5.56 Å². The van der Waals surface area contributed by atoms with E-state index < -0.39 is 0 Å². The van der Waals surface area contributed by atoms with Crippen LogP contribution in [0.5, 0.6) is 0 Å². The molecule has 96 valence electrons. The van der Waals surface area contributed by atoms with Crippen LogP contribution in [0.4, 0.5) is 0 Å². The number of rotatable bonds is 5. The molecule has 2 rings (SSSR count). The molecule has 1 unspecified atom stereocenters. The molecule has 18 heavy (non-hydrogen) atoms. The smallest absolute Gasteiger partial charge is 0.125 e. The molecule has 1 atom stereocenters. The third-order valence-electron chi connectivity index (χ3n) is 3.17. The second kappa shape index (κ2) is 5.83. The Morgan fingerprint density at radius 2 is 1.94 bits per heavy atom. The maximum Gasteiger partial charge on any atom is 0.125 e. The molecule has 0 amide bonds. The maximum absolute atomic E-state index is 4.45. The Morgan fingerprint density at radius 3 is 2.50 bits per heavy atom. The fourth-order valence-corrected chi connectivity index (χ4v) is 2.13. The van der Waals surface area contributed by atoms with Gasteiger partial charge >= 0.3 is 0 Å². The zero-order valence-corrected chi connectivity index (χ0v) is 11.3. The summed E-state index contributed by atoms with van der Waals surface area (Å²) in [4.78, 5) is 4.45. The van der Waals surface area contributed by atoms with Crippen molar-refractivity contribution in [1.82, 2.24) is 14.9 Å². The monoisotopic (exact) mass is 243 g/mol. The van der Waals surface area contributed by atoms with Gasteiger partial charge in [-0.3, -0.25) is 0 Å². The van der Waals surface area contributed by atoms with Crippen molar-refractivity contribution >= 4 is 0 Å². The van der Waals surface area contributed by atoms with E-state index >= 15 is 0 Å². The van der Waals surface area contributed by atoms with Crippen molar-refractivity contribution in [3.63, 3.8) is 0 Å². The van der Waals surface area contributed by atoms with Crippen LogP contribution in [-0.4, -0.2) is 9.55 Å². The van der Waals surface area contributed by atoms with Crippen LogP contribution < -0.4 is 5.32 Å². The zero-order chi connectivity index (χ0) is 13.0. The maximum atomic E-state index is 4.45. The Labute approximate surface area is 109 Å². The molecule has 1 N–H and O–H groups in total. The van der Waals surface area contributed by atoms with Gasteiger partial charge in [0, 0.05) is 26.0 Å². The lowest BCUT2D eigenvalue weighted by Gasteiger charge is -2.22. The minimum absolute atomic E-state index is 0.283. The van der Waals surface area contributed by atoms with Crippen LogP contribution in [0.1, 0.15) is 31.3 Å². The van der Waals surface area contributed by atoms with E-state index in [4.69, 9.17) is 0 Å². The number of nitrogens with zero attached hydrogens (tertiary/aromatic N) is 2. The molecule has 0 aliphatic rings. The molecule has 2 aromatic rings. The van der Waals surface area contributed by atoms with Crippen LogP contribution >= 0.6 is 0 Å². The lowest BCUT2D eigenvalue weighted by atomic mass is 10.0. The van der Waals surface area contributed by atoms with Crippen molar-refractivity contribution in [1.29, 1.82) is 0 Å². The third-order valence-corrected chi connectivity index (χ3v) is 3.17. The number of nitrogens with one attached hydrogen (secondary N) is 1. The summed E-state index contributed by atoms with van der Waals surface area (Å²) in [5.41, 5.74) is 1.30. The molecule has 1 aromatic carbocycles. The molecule has 0 saturated carbocycles. The molecular weight excluding hydrogens is 222 g/mol. The summed E-state index contributed by atoms with van der Waals surface area (Å²) < 4.78 is 2.09. The van der Waals surface area contributed by atoms with E-state index in [9.17, 15) is 0 Å². The van der Waals surface area contributed by atoms with Crippen molar-refractivity contribution < 1.29 is 0 Å². The van der Waals surface area contributed by atoms with E-state index in [0.29, 0.717) is 5.92 Å². The van der Waals surface area contributed by atoms with Crippen molar-refractivity contribution in [3.05, 3.63) is 54.1 Å². The van der Waals surface area contributed by atoms with Crippen molar-refractivity contribution in [2.45, 2.75) is 26.4 Å². The van der Waals surface area contributed by atoms with Gasteiger partial charge in [-0.1, -0.05) is 44.2 Å². The molecule has 3 nitrogen and oxygen atoms in total. The summed E-state index contributed by atoms with van der Waals surface area (Å²) >= 11 is 0. The number of imidazole rings is 1. The fraction of sp³-hybridized carbons (Fsp3) is 0.400. The number of aromatic nitrogens is 2. The van der Waals surface area contributed by atoms with E-state index in [2.05, 4.69) is 53.0 Å². The van der Waals surface area contributed by atoms with E-state index in [-0.39, 0.29) is 6.04 Å². The summed E-state index contributed by atoms with van der Waals surface area (Å²) in [6.07, 6.45) is 3.85. The van der Waals surface area contributed by atoms with Gasteiger partial charge in [-0.2, -0.15) is 0 Å².